The summed E-state index contributed by atoms with van der Waals surface area (Å²) in [4.78, 5) is 15.7. The fourth-order valence-electron chi connectivity index (χ4n) is 3.22. The largest absolute Gasteiger partial charge is 0.365 e. The number of pyridine rings is 1. The second-order valence-electron chi connectivity index (χ2n) is 7.01. The van der Waals surface area contributed by atoms with E-state index < -0.39 is 35.5 Å². The number of carbonyl (C=O) groups excluding carboxylic acids is 1. The predicted octanol–water partition coefficient (Wildman–Crippen LogP) is 3.30. The molecular formula is C19H22F3N5O. The van der Waals surface area contributed by atoms with Crippen LogP contribution >= 0.6 is 0 Å². The van der Waals surface area contributed by atoms with E-state index in [4.69, 9.17) is 11.5 Å². The Morgan fingerprint density at radius 2 is 1.93 bits per heavy atom. The predicted molar refractivity (Wildman–Crippen MR) is 101 cm³/mol. The Morgan fingerprint density at radius 3 is 2.54 bits per heavy atom. The Morgan fingerprint density at radius 1 is 1.25 bits per heavy atom. The highest BCUT2D eigenvalue weighted by molar-refractivity contribution is 5.98. The van der Waals surface area contributed by atoms with E-state index in [1.807, 2.05) is 19.1 Å². The second kappa shape index (κ2) is 7.67. The summed E-state index contributed by atoms with van der Waals surface area (Å²) in [6.45, 7) is 1.91. The molecule has 1 aromatic heterocycles. The quantitative estimate of drug-likeness (QED) is 0.624. The van der Waals surface area contributed by atoms with Crippen molar-refractivity contribution in [2.45, 2.75) is 44.2 Å². The average molecular weight is 393 g/mol. The summed E-state index contributed by atoms with van der Waals surface area (Å²) >= 11 is 0. The van der Waals surface area contributed by atoms with Crippen LogP contribution in [0.25, 0.3) is 0 Å². The van der Waals surface area contributed by atoms with Crippen LogP contribution in [0.1, 0.15) is 35.2 Å². The van der Waals surface area contributed by atoms with Gasteiger partial charge in [-0.2, -0.15) is 0 Å². The van der Waals surface area contributed by atoms with E-state index in [1.54, 1.807) is 12.1 Å². The Balaban J connectivity index is 1.95. The highest BCUT2D eigenvalue weighted by atomic mass is 19.3. The zero-order chi connectivity index (χ0) is 20.5. The van der Waals surface area contributed by atoms with Gasteiger partial charge in [-0.3, -0.25) is 4.79 Å². The molecule has 6 nitrogen and oxygen atoms in total. The molecule has 28 heavy (non-hydrogen) atoms. The molecule has 1 heterocycles. The van der Waals surface area contributed by atoms with Gasteiger partial charge in [0.1, 0.15) is 11.9 Å². The first-order valence-electron chi connectivity index (χ1n) is 8.91. The lowest BCUT2D eigenvalue weighted by Crippen LogP contribution is -2.55. The van der Waals surface area contributed by atoms with E-state index in [2.05, 4.69) is 15.6 Å². The van der Waals surface area contributed by atoms with Gasteiger partial charge < -0.3 is 22.1 Å². The van der Waals surface area contributed by atoms with Crippen LogP contribution in [-0.2, 0) is 0 Å². The van der Waals surface area contributed by atoms with Crippen LogP contribution in [0.15, 0.2) is 30.3 Å². The smallest absolute Gasteiger partial charge is 0.269 e. The number of rotatable bonds is 5. The Bertz CT molecular complexity index is 873. The minimum absolute atomic E-state index is 0.0343. The first kappa shape index (κ1) is 19.9. The number of alkyl halides is 2. The van der Waals surface area contributed by atoms with Crippen LogP contribution in [0.2, 0.25) is 0 Å². The van der Waals surface area contributed by atoms with Crippen molar-refractivity contribution in [3.63, 3.8) is 0 Å². The monoisotopic (exact) mass is 393 g/mol. The Hall–Kier alpha value is -2.81. The maximum Gasteiger partial charge on any atom is 0.269 e. The summed E-state index contributed by atoms with van der Waals surface area (Å²) in [5, 5.41) is 5.32. The molecule has 0 unspecified atom stereocenters. The number of aryl methyl sites for hydroxylation is 1. The van der Waals surface area contributed by atoms with Crippen LogP contribution in [0, 0.1) is 12.7 Å². The number of hydrogen-bond donors (Lipinski definition) is 4. The molecule has 2 atom stereocenters. The summed E-state index contributed by atoms with van der Waals surface area (Å²) in [5.74, 6) is -5.41. The molecule has 0 radical (unpaired) electrons. The lowest BCUT2D eigenvalue weighted by molar-refractivity contribution is -0.0512. The number of amides is 1. The molecule has 150 valence electrons. The number of primary amides is 1. The fraction of sp³-hybridized carbons (Fsp3) is 0.368. The number of halogens is 3. The van der Waals surface area contributed by atoms with Gasteiger partial charge >= 0.3 is 0 Å². The highest BCUT2D eigenvalue weighted by Crippen LogP contribution is 2.35. The number of nitrogens with two attached hydrogens (primary N) is 2. The van der Waals surface area contributed by atoms with Gasteiger partial charge in [0.2, 0.25) is 0 Å². The van der Waals surface area contributed by atoms with Crippen molar-refractivity contribution in [1.82, 2.24) is 4.98 Å². The van der Waals surface area contributed by atoms with Crippen molar-refractivity contribution in [3.8, 4) is 0 Å². The number of anilines is 3. The summed E-state index contributed by atoms with van der Waals surface area (Å²) in [7, 11) is 0. The molecular weight excluding hydrogens is 371 g/mol. The van der Waals surface area contributed by atoms with Gasteiger partial charge in [-0.25, -0.2) is 18.2 Å². The number of aromatic nitrogens is 1. The molecule has 2 aromatic rings. The third-order valence-corrected chi connectivity index (χ3v) is 4.78. The lowest BCUT2D eigenvalue weighted by Gasteiger charge is -2.36. The van der Waals surface area contributed by atoms with Gasteiger partial charge in [-0.05, 0) is 38.0 Å². The fourth-order valence-corrected chi connectivity index (χ4v) is 3.22. The SMILES string of the molecule is Cc1ccc(Nc2nc(N[C@H]3[C@@H](N)CCCC3(F)F)c(F)cc2C(N)=O)cc1. The van der Waals surface area contributed by atoms with Crippen molar-refractivity contribution < 1.29 is 18.0 Å². The van der Waals surface area contributed by atoms with Crippen molar-refractivity contribution >= 4 is 23.2 Å². The lowest BCUT2D eigenvalue weighted by atomic mass is 9.87. The number of nitrogens with zero attached hydrogens (tertiary/aromatic N) is 1. The summed E-state index contributed by atoms with van der Waals surface area (Å²) in [6, 6.07) is 5.70. The van der Waals surface area contributed by atoms with Crippen molar-refractivity contribution in [1.29, 1.82) is 0 Å². The van der Waals surface area contributed by atoms with Gasteiger partial charge in [0, 0.05) is 18.2 Å². The highest BCUT2D eigenvalue weighted by Gasteiger charge is 2.46. The molecule has 0 aliphatic heterocycles. The summed E-state index contributed by atoms with van der Waals surface area (Å²) in [5.41, 5.74) is 12.5. The number of hydrogen-bond acceptors (Lipinski definition) is 5. The van der Waals surface area contributed by atoms with Crippen molar-refractivity contribution in [2.75, 3.05) is 10.6 Å². The van der Waals surface area contributed by atoms with Crippen molar-refractivity contribution in [2.24, 2.45) is 11.5 Å². The van der Waals surface area contributed by atoms with Gasteiger partial charge in [0.05, 0.1) is 5.56 Å². The number of carbonyl (C=O) groups is 1. The van der Waals surface area contributed by atoms with Crippen LogP contribution in [-0.4, -0.2) is 28.9 Å². The minimum atomic E-state index is -3.10. The van der Waals surface area contributed by atoms with E-state index in [1.165, 1.54) is 0 Å². The topological polar surface area (TPSA) is 106 Å². The molecule has 1 saturated carbocycles. The molecule has 0 spiro atoms. The molecule has 1 aromatic carbocycles. The summed E-state index contributed by atoms with van der Waals surface area (Å²) < 4.78 is 43.0. The second-order valence-corrected chi connectivity index (χ2v) is 7.01. The molecule has 1 aliphatic carbocycles. The third kappa shape index (κ3) is 4.19. The van der Waals surface area contributed by atoms with Crippen LogP contribution in [0.4, 0.5) is 30.5 Å². The van der Waals surface area contributed by atoms with Gasteiger partial charge in [0.15, 0.2) is 11.6 Å². The normalized spacial score (nSPS) is 21.2. The van der Waals surface area contributed by atoms with Gasteiger partial charge in [-0.1, -0.05) is 17.7 Å². The van der Waals surface area contributed by atoms with Gasteiger partial charge in [-0.15, -0.1) is 0 Å². The first-order valence-corrected chi connectivity index (χ1v) is 8.91. The van der Waals surface area contributed by atoms with Crippen LogP contribution in [0.5, 0.6) is 0 Å². The molecule has 3 rings (SSSR count). The summed E-state index contributed by atoms with van der Waals surface area (Å²) in [6.07, 6.45) is 0.347. The molecule has 1 fully saturated rings. The maximum atomic E-state index is 14.5. The average Bonchev–Trinajstić information content (AvgIpc) is 2.62. The van der Waals surface area contributed by atoms with Crippen LogP contribution < -0.4 is 22.1 Å². The van der Waals surface area contributed by atoms with Crippen molar-refractivity contribution in [3.05, 3.63) is 47.3 Å². The molecule has 9 heteroatoms. The number of benzene rings is 1. The third-order valence-electron chi connectivity index (χ3n) is 4.78. The van der Waals surface area contributed by atoms with E-state index in [0.29, 0.717) is 18.5 Å². The Kier molecular flexibility index (Phi) is 5.46. The zero-order valence-electron chi connectivity index (χ0n) is 15.3. The van der Waals surface area contributed by atoms with E-state index in [-0.39, 0.29) is 17.8 Å². The maximum absolute atomic E-state index is 14.5. The molecule has 1 amide bonds. The minimum Gasteiger partial charge on any atom is -0.365 e. The first-order chi connectivity index (χ1) is 13.2. The molecule has 0 bridgehead atoms. The standard InChI is InChI=1S/C19H22F3N5O/c1-10-4-6-11(7-5-10)25-17-12(16(24)28)9-13(20)18(27-17)26-15-14(23)3-2-8-19(15,21)22/h4-7,9,14-15H,2-3,8,23H2,1H3,(H2,24,28)(H2,25,26,27)/t14-,15-/m0/s1. The van der Waals surface area contributed by atoms with Gasteiger partial charge in [0.25, 0.3) is 11.8 Å². The number of nitrogens with one attached hydrogen (secondary N) is 2. The van der Waals surface area contributed by atoms with E-state index >= 15 is 0 Å². The molecule has 0 saturated heterocycles. The molecule has 1 aliphatic rings. The Labute approximate surface area is 160 Å². The zero-order valence-corrected chi connectivity index (χ0v) is 15.3. The van der Waals surface area contributed by atoms with Crippen LogP contribution in [0.3, 0.4) is 0 Å². The molecule has 6 N–H and O–H groups in total. The van der Waals surface area contributed by atoms with E-state index in [0.717, 1.165) is 11.6 Å². The van der Waals surface area contributed by atoms with E-state index in [9.17, 15) is 18.0 Å².